The van der Waals surface area contributed by atoms with Crippen molar-refractivity contribution in [2.45, 2.75) is 38.3 Å². The van der Waals surface area contributed by atoms with Crippen LogP contribution in [0.1, 0.15) is 31.9 Å². The fourth-order valence-corrected chi connectivity index (χ4v) is 4.29. The Bertz CT molecular complexity index is 1050. The molecule has 1 aromatic heterocycles. The van der Waals surface area contributed by atoms with E-state index in [1.807, 2.05) is 43.6 Å². The third kappa shape index (κ3) is 4.92. The number of hydrogen-bond acceptors (Lipinski definition) is 5. The lowest BCUT2D eigenvalue weighted by molar-refractivity contribution is 0.0961. The maximum absolute atomic E-state index is 6.47. The third-order valence-electron chi connectivity index (χ3n) is 5.77. The summed E-state index contributed by atoms with van der Waals surface area (Å²) in [7, 11) is 3.55. The summed E-state index contributed by atoms with van der Waals surface area (Å²) >= 11 is 0. The lowest BCUT2D eigenvalue weighted by Gasteiger charge is -2.30. The summed E-state index contributed by atoms with van der Waals surface area (Å²) in [6.45, 7) is 3.76. The van der Waals surface area contributed by atoms with Gasteiger partial charge in [-0.1, -0.05) is 37.3 Å². The van der Waals surface area contributed by atoms with Crippen LogP contribution in [0.5, 0.6) is 5.75 Å². The molecule has 1 N–H and O–H groups in total. The number of pyridine rings is 1. The number of para-hydroxylation sites is 1. The van der Waals surface area contributed by atoms with Crippen LogP contribution >= 0.6 is 0 Å². The minimum Gasteiger partial charge on any atom is -0.488 e. The molecular weight excluding hydrogens is 400 g/mol. The third-order valence-corrected chi connectivity index (χ3v) is 5.77. The van der Waals surface area contributed by atoms with Crippen molar-refractivity contribution in [2.75, 3.05) is 27.3 Å². The Morgan fingerprint density at radius 2 is 2.19 bits per heavy atom. The molecule has 1 aromatic carbocycles. The molecule has 1 saturated heterocycles. The predicted molar refractivity (Wildman–Crippen MR) is 130 cm³/mol. The Hall–Kier alpha value is -2.96. The zero-order chi connectivity index (χ0) is 22.3. The van der Waals surface area contributed by atoms with Crippen molar-refractivity contribution >= 4 is 16.7 Å². The first kappa shape index (κ1) is 22.2. The molecule has 0 amide bonds. The van der Waals surface area contributed by atoms with E-state index in [-0.39, 0.29) is 6.10 Å². The minimum absolute atomic E-state index is 0.140. The van der Waals surface area contributed by atoms with Gasteiger partial charge in [0, 0.05) is 43.9 Å². The van der Waals surface area contributed by atoms with Gasteiger partial charge in [0.05, 0.1) is 6.61 Å². The molecule has 32 heavy (non-hydrogen) atoms. The second-order valence-corrected chi connectivity index (χ2v) is 8.05. The molecule has 2 atom stereocenters. The van der Waals surface area contributed by atoms with Gasteiger partial charge in [0.15, 0.2) is 5.84 Å². The van der Waals surface area contributed by atoms with E-state index in [0.29, 0.717) is 12.6 Å². The van der Waals surface area contributed by atoms with Gasteiger partial charge in [-0.3, -0.25) is 4.99 Å². The average molecular weight is 433 g/mol. The fraction of sp³-hybridized carbons (Fsp3) is 0.385. The fourth-order valence-electron chi connectivity index (χ4n) is 4.29. The normalized spacial score (nSPS) is 22.7. The number of allylic oxidation sites excluding steroid dienone is 4. The molecule has 168 valence electrons. The SMILES string of the molecule is CCC=C1C=CC=CN1C(=NC)c1ccc2cccc(OC3CCNC(COC)C3)c2n1. The molecular formula is C26H32N4O2. The number of ether oxygens (including phenoxy) is 2. The molecule has 6 nitrogen and oxygen atoms in total. The molecule has 2 aliphatic rings. The van der Waals surface area contributed by atoms with Gasteiger partial charge in [-0.25, -0.2) is 4.98 Å². The van der Waals surface area contributed by atoms with Crippen LogP contribution in [-0.2, 0) is 4.74 Å². The maximum atomic E-state index is 6.47. The smallest absolute Gasteiger partial charge is 0.158 e. The van der Waals surface area contributed by atoms with Gasteiger partial charge in [-0.2, -0.15) is 0 Å². The quantitative estimate of drug-likeness (QED) is 0.540. The molecule has 6 heteroatoms. The van der Waals surface area contributed by atoms with Crippen LogP contribution in [0.4, 0.5) is 0 Å². The van der Waals surface area contributed by atoms with E-state index in [1.54, 1.807) is 7.11 Å². The Morgan fingerprint density at radius 1 is 1.28 bits per heavy atom. The lowest BCUT2D eigenvalue weighted by Crippen LogP contribution is -2.44. The zero-order valence-electron chi connectivity index (χ0n) is 19.1. The van der Waals surface area contributed by atoms with Gasteiger partial charge in [0.1, 0.15) is 23.1 Å². The van der Waals surface area contributed by atoms with Crippen molar-refractivity contribution in [1.29, 1.82) is 0 Å². The highest BCUT2D eigenvalue weighted by Crippen LogP contribution is 2.28. The second kappa shape index (κ2) is 10.6. The van der Waals surface area contributed by atoms with Crippen LogP contribution in [0, 0.1) is 0 Å². The van der Waals surface area contributed by atoms with Crippen molar-refractivity contribution < 1.29 is 9.47 Å². The van der Waals surface area contributed by atoms with E-state index in [0.717, 1.165) is 59.7 Å². The number of rotatable bonds is 6. The average Bonchev–Trinajstić information content (AvgIpc) is 2.82. The Kier molecular flexibility index (Phi) is 7.35. The van der Waals surface area contributed by atoms with Crippen LogP contribution in [-0.4, -0.2) is 55.2 Å². The molecule has 2 aromatic rings. The van der Waals surface area contributed by atoms with Crippen LogP contribution in [0.25, 0.3) is 10.9 Å². The number of aromatic nitrogens is 1. The van der Waals surface area contributed by atoms with Gasteiger partial charge in [0.25, 0.3) is 0 Å². The predicted octanol–water partition coefficient (Wildman–Crippen LogP) is 4.44. The highest BCUT2D eigenvalue weighted by atomic mass is 16.5. The lowest BCUT2D eigenvalue weighted by atomic mass is 10.0. The molecule has 1 fully saturated rings. The number of fused-ring (bicyclic) bond motifs is 1. The number of benzene rings is 1. The molecule has 0 radical (unpaired) electrons. The summed E-state index contributed by atoms with van der Waals surface area (Å²) in [6.07, 6.45) is 13.3. The first-order chi connectivity index (χ1) is 15.7. The summed E-state index contributed by atoms with van der Waals surface area (Å²) < 4.78 is 11.8. The molecule has 2 unspecified atom stereocenters. The number of amidine groups is 1. The number of nitrogens with zero attached hydrogens (tertiary/aromatic N) is 3. The van der Waals surface area contributed by atoms with Crippen molar-refractivity contribution in [3.63, 3.8) is 0 Å². The van der Waals surface area contributed by atoms with Gasteiger partial charge in [0.2, 0.25) is 0 Å². The van der Waals surface area contributed by atoms with Crippen LogP contribution in [0.2, 0.25) is 0 Å². The number of hydrogen-bond donors (Lipinski definition) is 1. The zero-order valence-corrected chi connectivity index (χ0v) is 19.1. The van der Waals surface area contributed by atoms with Gasteiger partial charge in [-0.15, -0.1) is 0 Å². The number of methoxy groups -OCH3 is 1. The van der Waals surface area contributed by atoms with E-state index in [4.69, 9.17) is 14.5 Å². The number of piperidine rings is 1. The Balaban J connectivity index is 1.64. The van der Waals surface area contributed by atoms with Crippen LogP contribution < -0.4 is 10.1 Å². The monoisotopic (exact) mass is 432 g/mol. The van der Waals surface area contributed by atoms with Crippen LogP contribution in [0.15, 0.2) is 71.5 Å². The molecule has 0 saturated carbocycles. The Morgan fingerprint density at radius 3 is 3.00 bits per heavy atom. The van der Waals surface area contributed by atoms with Crippen LogP contribution in [0.3, 0.4) is 0 Å². The number of aliphatic imine (C=N–C) groups is 1. The highest BCUT2D eigenvalue weighted by Gasteiger charge is 2.24. The summed E-state index contributed by atoms with van der Waals surface area (Å²) in [6, 6.07) is 10.6. The summed E-state index contributed by atoms with van der Waals surface area (Å²) in [5.41, 5.74) is 2.78. The van der Waals surface area contributed by atoms with E-state index in [1.165, 1.54) is 0 Å². The molecule has 3 heterocycles. The van der Waals surface area contributed by atoms with E-state index >= 15 is 0 Å². The first-order valence-corrected chi connectivity index (χ1v) is 11.3. The van der Waals surface area contributed by atoms with Gasteiger partial charge >= 0.3 is 0 Å². The summed E-state index contributed by atoms with van der Waals surface area (Å²) in [5, 5.41) is 4.55. The molecule has 0 bridgehead atoms. The maximum Gasteiger partial charge on any atom is 0.158 e. The molecule has 4 rings (SSSR count). The second-order valence-electron chi connectivity index (χ2n) is 8.05. The molecule has 2 aliphatic heterocycles. The van der Waals surface area contributed by atoms with Crippen molar-refractivity contribution in [3.05, 3.63) is 72.2 Å². The van der Waals surface area contributed by atoms with Gasteiger partial charge in [-0.05, 0) is 43.7 Å². The van der Waals surface area contributed by atoms with E-state index in [2.05, 4.69) is 46.4 Å². The molecule has 0 aliphatic carbocycles. The summed E-state index contributed by atoms with van der Waals surface area (Å²) in [4.78, 5) is 11.7. The van der Waals surface area contributed by atoms with E-state index < -0.39 is 0 Å². The minimum atomic E-state index is 0.140. The first-order valence-electron chi connectivity index (χ1n) is 11.3. The van der Waals surface area contributed by atoms with Gasteiger partial charge < -0.3 is 19.7 Å². The van der Waals surface area contributed by atoms with Crippen molar-refractivity contribution in [3.8, 4) is 5.75 Å². The van der Waals surface area contributed by atoms with E-state index in [9.17, 15) is 0 Å². The van der Waals surface area contributed by atoms with Crippen molar-refractivity contribution in [2.24, 2.45) is 4.99 Å². The highest BCUT2D eigenvalue weighted by molar-refractivity contribution is 6.01. The summed E-state index contributed by atoms with van der Waals surface area (Å²) in [5.74, 6) is 1.63. The largest absolute Gasteiger partial charge is 0.488 e. The molecule has 0 spiro atoms. The Labute approximate surface area is 190 Å². The van der Waals surface area contributed by atoms with Crippen molar-refractivity contribution in [1.82, 2.24) is 15.2 Å². The topological polar surface area (TPSA) is 59.0 Å². The standard InChI is InChI=1S/C26H32N4O2/c1-4-8-21-10-5-6-16-30(21)26(27-2)23-13-12-19-9-7-11-24(25(19)29-23)32-22-14-15-28-20(17-22)18-31-3/h5-13,16,20,22,28H,4,14-15,17-18H2,1-3H3. The number of nitrogens with one attached hydrogen (secondary N) is 1.